The number of quaternary nitrogens is 1. The highest BCUT2D eigenvalue weighted by Crippen LogP contribution is 2.15. The lowest BCUT2D eigenvalue weighted by atomic mass is 10.0. The molecule has 0 saturated carbocycles. The first-order valence-electron chi connectivity index (χ1n) is 13.6. The average Bonchev–Trinajstić information content (AvgIpc) is 3.12. The maximum Gasteiger partial charge on any atom is 0.222 e. The minimum atomic E-state index is 0.373. The smallest absolute Gasteiger partial charge is 0.222 e. The Labute approximate surface area is 189 Å². The minimum absolute atomic E-state index is 0.373. The fourth-order valence-electron chi connectivity index (χ4n) is 4.83. The summed E-state index contributed by atoms with van der Waals surface area (Å²) in [6, 6.07) is 0. The van der Waals surface area contributed by atoms with Crippen molar-refractivity contribution in [1.29, 1.82) is 0 Å². The maximum atomic E-state index is 11.7. The maximum absolute atomic E-state index is 11.7. The van der Waals surface area contributed by atoms with Gasteiger partial charge in [0.15, 0.2) is 0 Å². The second-order valence-electron chi connectivity index (χ2n) is 10.5. The van der Waals surface area contributed by atoms with Gasteiger partial charge in [0.1, 0.15) is 0 Å². The summed E-state index contributed by atoms with van der Waals surface area (Å²) >= 11 is 0. The fraction of sp³-hybridized carbons (Fsp3) is 0.963. The van der Waals surface area contributed by atoms with E-state index in [0.29, 0.717) is 5.91 Å². The molecule has 1 amide bonds. The Balaban J connectivity index is 1.80. The molecular formula is C27H55N2O+. The number of hydrogen-bond donors (Lipinski definition) is 0. The van der Waals surface area contributed by atoms with Gasteiger partial charge in [-0.15, -0.1) is 0 Å². The third-order valence-electron chi connectivity index (χ3n) is 6.98. The summed E-state index contributed by atoms with van der Waals surface area (Å²) < 4.78 is 1.11. The van der Waals surface area contributed by atoms with Crippen molar-refractivity contribution in [3.8, 4) is 0 Å². The monoisotopic (exact) mass is 423 g/mol. The first-order valence-corrected chi connectivity index (χ1v) is 13.6. The van der Waals surface area contributed by atoms with Gasteiger partial charge in [0, 0.05) is 25.9 Å². The first kappa shape index (κ1) is 27.5. The zero-order valence-corrected chi connectivity index (χ0v) is 21.1. The van der Waals surface area contributed by atoms with Crippen molar-refractivity contribution in [3.05, 3.63) is 0 Å². The molecule has 178 valence electrons. The molecule has 0 N–H and O–H groups in total. The number of carbonyl (C=O) groups excluding carboxylic acids is 1. The highest BCUT2D eigenvalue weighted by molar-refractivity contribution is 5.77. The van der Waals surface area contributed by atoms with Gasteiger partial charge in [-0.2, -0.15) is 0 Å². The van der Waals surface area contributed by atoms with Gasteiger partial charge in [-0.3, -0.25) is 4.79 Å². The Hall–Kier alpha value is -0.570. The van der Waals surface area contributed by atoms with Crippen LogP contribution in [0.3, 0.4) is 0 Å². The molecule has 1 aliphatic rings. The molecule has 0 aromatic carbocycles. The topological polar surface area (TPSA) is 20.3 Å². The predicted octanol–water partition coefficient (Wildman–Crippen LogP) is 7.34. The van der Waals surface area contributed by atoms with Gasteiger partial charge in [0.25, 0.3) is 0 Å². The molecule has 30 heavy (non-hydrogen) atoms. The summed E-state index contributed by atoms with van der Waals surface area (Å²) in [7, 11) is 4.72. The van der Waals surface area contributed by atoms with Crippen molar-refractivity contribution in [1.82, 2.24) is 4.90 Å². The lowest BCUT2D eigenvalue weighted by Gasteiger charge is -2.30. The van der Waals surface area contributed by atoms with Crippen LogP contribution in [0.1, 0.15) is 129 Å². The first-order chi connectivity index (χ1) is 14.5. The van der Waals surface area contributed by atoms with Gasteiger partial charge in [-0.25, -0.2) is 0 Å². The quantitative estimate of drug-likeness (QED) is 0.140. The van der Waals surface area contributed by atoms with E-state index in [1.165, 1.54) is 116 Å². The van der Waals surface area contributed by atoms with Crippen LogP contribution in [0.15, 0.2) is 0 Å². The highest BCUT2D eigenvalue weighted by atomic mass is 16.2. The summed E-state index contributed by atoms with van der Waals surface area (Å²) in [6.07, 6.45) is 26.0. The summed E-state index contributed by atoms with van der Waals surface area (Å²) in [5.74, 6) is 0.373. The second kappa shape index (κ2) is 18.0. The lowest BCUT2D eigenvalue weighted by molar-refractivity contribution is -0.890. The normalized spacial score (nSPS) is 14.8. The Kier molecular flexibility index (Phi) is 16.5. The van der Waals surface area contributed by atoms with E-state index in [-0.39, 0.29) is 0 Å². The molecular weight excluding hydrogens is 368 g/mol. The van der Waals surface area contributed by atoms with E-state index in [9.17, 15) is 4.79 Å². The van der Waals surface area contributed by atoms with E-state index >= 15 is 0 Å². The lowest BCUT2D eigenvalue weighted by Crippen LogP contribution is -2.42. The van der Waals surface area contributed by atoms with E-state index in [2.05, 4.69) is 25.9 Å². The Morgan fingerprint density at radius 1 is 0.667 bits per heavy atom. The van der Waals surface area contributed by atoms with Gasteiger partial charge in [-0.1, -0.05) is 96.8 Å². The van der Waals surface area contributed by atoms with Crippen molar-refractivity contribution in [3.63, 3.8) is 0 Å². The van der Waals surface area contributed by atoms with Gasteiger partial charge >= 0.3 is 0 Å². The molecule has 0 aromatic rings. The molecule has 1 saturated heterocycles. The summed E-state index contributed by atoms with van der Waals surface area (Å²) in [5, 5.41) is 0. The number of unbranched alkanes of at least 4 members (excludes halogenated alkanes) is 15. The third-order valence-corrected chi connectivity index (χ3v) is 6.98. The van der Waals surface area contributed by atoms with Crippen LogP contribution in [-0.4, -0.2) is 55.6 Å². The molecule has 0 aliphatic carbocycles. The highest BCUT2D eigenvalue weighted by Gasteiger charge is 2.21. The van der Waals surface area contributed by atoms with Crippen LogP contribution >= 0.6 is 0 Å². The molecule has 1 heterocycles. The number of hydrogen-bond acceptors (Lipinski definition) is 1. The molecule has 0 atom stereocenters. The van der Waals surface area contributed by atoms with Crippen LogP contribution in [0.2, 0.25) is 0 Å². The summed E-state index contributed by atoms with van der Waals surface area (Å²) in [6.45, 7) is 6.74. The van der Waals surface area contributed by atoms with E-state index in [1.807, 2.05) is 0 Å². The van der Waals surface area contributed by atoms with E-state index in [4.69, 9.17) is 0 Å². The number of nitrogens with zero attached hydrogens (tertiary/aromatic N) is 2. The van der Waals surface area contributed by atoms with Gasteiger partial charge in [-0.05, 0) is 19.3 Å². The molecule has 3 nitrogen and oxygen atoms in total. The molecule has 1 aliphatic heterocycles. The van der Waals surface area contributed by atoms with Crippen molar-refractivity contribution in [2.24, 2.45) is 0 Å². The van der Waals surface area contributed by atoms with Crippen LogP contribution in [0, 0.1) is 0 Å². The zero-order valence-electron chi connectivity index (χ0n) is 21.1. The van der Waals surface area contributed by atoms with Crippen molar-refractivity contribution in [2.75, 3.05) is 40.3 Å². The largest absolute Gasteiger partial charge is 0.342 e. The van der Waals surface area contributed by atoms with Crippen LogP contribution in [-0.2, 0) is 4.79 Å². The summed E-state index contributed by atoms with van der Waals surface area (Å²) in [5.41, 5.74) is 0. The SMILES string of the molecule is CCCCCCCCCCCCCCCCCC[N+](C)(C)CCCN1CCCC1=O. The molecule has 0 aromatic heterocycles. The molecule has 1 fully saturated rings. The van der Waals surface area contributed by atoms with Crippen LogP contribution in [0.25, 0.3) is 0 Å². The fourth-order valence-corrected chi connectivity index (χ4v) is 4.83. The predicted molar refractivity (Wildman–Crippen MR) is 132 cm³/mol. The standard InChI is InChI=1S/C27H55N2O/c1-4-5-6-7-8-9-10-11-12-13-14-15-16-17-18-19-25-29(2,3)26-21-24-28-23-20-22-27(28)30/h4-26H2,1-3H3/q+1. The van der Waals surface area contributed by atoms with Gasteiger partial charge in [0.05, 0.1) is 27.2 Å². The number of rotatable bonds is 21. The Bertz CT molecular complexity index is 408. The Morgan fingerprint density at radius 3 is 1.53 bits per heavy atom. The van der Waals surface area contributed by atoms with Crippen molar-refractivity contribution in [2.45, 2.75) is 129 Å². The van der Waals surface area contributed by atoms with E-state index < -0.39 is 0 Å². The van der Waals surface area contributed by atoms with Crippen LogP contribution in [0.5, 0.6) is 0 Å². The van der Waals surface area contributed by atoms with Gasteiger partial charge in [0.2, 0.25) is 5.91 Å². The number of carbonyl (C=O) groups is 1. The average molecular weight is 424 g/mol. The third kappa shape index (κ3) is 15.3. The van der Waals surface area contributed by atoms with Crippen LogP contribution < -0.4 is 0 Å². The summed E-state index contributed by atoms with van der Waals surface area (Å²) in [4.78, 5) is 13.8. The molecule has 0 radical (unpaired) electrons. The van der Waals surface area contributed by atoms with Crippen LogP contribution in [0.4, 0.5) is 0 Å². The Morgan fingerprint density at radius 2 is 1.10 bits per heavy atom. The minimum Gasteiger partial charge on any atom is -0.342 e. The molecule has 3 heteroatoms. The van der Waals surface area contributed by atoms with Gasteiger partial charge < -0.3 is 9.38 Å². The van der Waals surface area contributed by atoms with E-state index in [1.54, 1.807) is 0 Å². The number of amides is 1. The molecule has 0 bridgehead atoms. The molecule has 0 spiro atoms. The van der Waals surface area contributed by atoms with Crippen molar-refractivity contribution < 1.29 is 9.28 Å². The zero-order chi connectivity index (χ0) is 21.9. The molecule has 0 unspecified atom stereocenters. The number of likely N-dealkylation sites (tertiary alicyclic amines) is 1. The second-order valence-corrected chi connectivity index (χ2v) is 10.5. The van der Waals surface area contributed by atoms with Crippen molar-refractivity contribution >= 4 is 5.91 Å². The molecule has 1 rings (SSSR count). The van der Waals surface area contributed by atoms with E-state index in [0.717, 1.165) is 36.8 Å².